The molecule has 28 heavy (non-hydrogen) atoms. The Bertz CT molecular complexity index is 1030. The van der Waals surface area contributed by atoms with E-state index >= 15 is 0 Å². The summed E-state index contributed by atoms with van der Waals surface area (Å²) in [6, 6.07) is 9.01. The number of fused-ring (bicyclic) bond motifs is 1. The maximum absolute atomic E-state index is 11.3. The summed E-state index contributed by atoms with van der Waals surface area (Å²) >= 11 is 1.40. The first kappa shape index (κ1) is 18.4. The van der Waals surface area contributed by atoms with Crippen molar-refractivity contribution in [1.82, 2.24) is 20.2 Å². The molecule has 0 fully saturated rings. The predicted octanol–water partition coefficient (Wildman–Crippen LogP) is 3.35. The molecule has 0 N–H and O–H groups in total. The number of ether oxygens (including phenoxy) is 2. The molecule has 0 unspecified atom stereocenters. The molecule has 9 nitrogen and oxygen atoms in total. The normalized spacial score (nSPS) is 13.1. The van der Waals surface area contributed by atoms with Crippen molar-refractivity contribution in [1.29, 1.82) is 0 Å². The van der Waals surface area contributed by atoms with Crippen LogP contribution in [0.4, 0.5) is 5.69 Å². The van der Waals surface area contributed by atoms with Crippen LogP contribution >= 0.6 is 11.8 Å². The Labute approximate surface area is 164 Å². The van der Waals surface area contributed by atoms with Crippen LogP contribution in [0, 0.1) is 24.0 Å². The number of thioether (sulfide) groups is 1. The van der Waals surface area contributed by atoms with Crippen molar-refractivity contribution in [2.75, 3.05) is 6.79 Å². The van der Waals surface area contributed by atoms with E-state index in [-0.39, 0.29) is 19.1 Å². The van der Waals surface area contributed by atoms with Crippen molar-refractivity contribution in [3.8, 4) is 11.4 Å². The van der Waals surface area contributed by atoms with Crippen LogP contribution < -0.4 is 4.74 Å². The number of para-hydroxylation sites is 1. The maximum Gasteiger partial charge on any atom is 0.270 e. The fraction of sp³-hybridized carbons (Fsp3) is 0.278. The quantitative estimate of drug-likeness (QED) is 0.365. The van der Waals surface area contributed by atoms with E-state index in [2.05, 4.69) is 15.5 Å². The number of nitro benzene ring substituents is 1. The first-order valence-electron chi connectivity index (χ1n) is 8.53. The van der Waals surface area contributed by atoms with Gasteiger partial charge in [0.25, 0.3) is 5.69 Å². The zero-order chi connectivity index (χ0) is 19.7. The molecule has 2 heterocycles. The molecule has 0 spiro atoms. The molecule has 0 bridgehead atoms. The zero-order valence-electron chi connectivity index (χ0n) is 15.3. The van der Waals surface area contributed by atoms with Gasteiger partial charge in [-0.1, -0.05) is 30.0 Å². The third-order valence-corrected chi connectivity index (χ3v) is 5.40. The first-order chi connectivity index (χ1) is 13.5. The molecule has 0 atom stereocenters. The lowest BCUT2D eigenvalue weighted by molar-refractivity contribution is -0.385. The largest absolute Gasteiger partial charge is 0.467 e. The van der Waals surface area contributed by atoms with E-state index in [1.165, 1.54) is 23.9 Å². The molecule has 1 aliphatic heterocycles. The number of aromatic nitrogens is 4. The van der Waals surface area contributed by atoms with Gasteiger partial charge in [0.1, 0.15) is 5.75 Å². The van der Waals surface area contributed by atoms with Crippen molar-refractivity contribution in [2.24, 2.45) is 0 Å². The number of hydrogen-bond acceptors (Lipinski definition) is 8. The molecule has 0 aliphatic carbocycles. The van der Waals surface area contributed by atoms with Crippen molar-refractivity contribution in [3.63, 3.8) is 0 Å². The highest BCUT2D eigenvalue weighted by Gasteiger charge is 2.22. The Hall–Kier alpha value is -2.98. The number of rotatable bonds is 5. The van der Waals surface area contributed by atoms with Gasteiger partial charge < -0.3 is 9.47 Å². The van der Waals surface area contributed by atoms with Gasteiger partial charge >= 0.3 is 0 Å². The Morgan fingerprint density at radius 3 is 2.82 bits per heavy atom. The molecule has 3 aromatic rings. The first-order valence-corrected chi connectivity index (χ1v) is 9.51. The van der Waals surface area contributed by atoms with Gasteiger partial charge in [-0.25, -0.2) is 0 Å². The Kier molecular flexibility index (Phi) is 4.97. The summed E-state index contributed by atoms with van der Waals surface area (Å²) in [6.45, 7) is 4.42. The van der Waals surface area contributed by atoms with Gasteiger partial charge in [0.2, 0.25) is 5.16 Å². The van der Waals surface area contributed by atoms with Gasteiger partial charge in [-0.15, -0.1) is 5.10 Å². The van der Waals surface area contributed by atoms with Crippen molar-refractivity contribution in [3.05, 3.63) is 62.7 Å². The minimum atomic E-state index is -0.413. The second kappa shape index (κ2) is 7.56. The van der Waals surface area contributed by atoms with E-state index in [1.807, 2.05) is 32.0 Å². The minimum absolute atomic E-state index is 0.0118. The number of non-ortho nitro benzene ring substituents is 1. The number of tetrazole rings is 1. The SMILES string of the molecule is Cc1cccc(C)c1-n1nnnc1SCc1cc([N+](=O)[O-])cc2c1OCOC2. The minimum Gasteiger partial charge on any atom is -0.467 e. The van der Waals surface area contributed by atoms with Crippen LogP contribution in [-0.2, 0) is 17.1 Å². The average Bonchev–Trinajstić information content (AvgIpc) is 3.14. The molecule has 0 saturated carbocycles. The maximum atomic E-state index is 11.3. The summed E-state index contributed by atoms with van der Waals surface area (Å²) in [4.78, 5) is 10.9. The zero-order valence-corrected chi connectivity index (χ0v) is 16.1. The fourth-order valence-corrected chi connectivity index (χ4v) is 4.03. The molecular formula is C18H17N5O4S. The fourth-order valence-electron chi connectivity index (χ4n) is 3.18. The lowest BCUT2D eigenvalue weighted by Gasteiger charge is -2.20. The Balaban J connectivity index is 1.66. The molecule has 1 aliphatic rings. The molecule has 1 aromatic heterocycles. The predicted molar refractivity (Wildman–Crippen MR) is 102 cm³/mol. The third-order valence-electron chi connectivity index (χ3n) is 4.43. The van der Waals surface area contributed by atoms with Crippen LogP contribution in [0.1, 0.15) is 22.3 Å². The molecule has 0 saturated heterocycles. The van der Waals surface area contributed by atoms with Crippen LogP contribution in [-0.4, -0.2) is 31.9 Å². The van der Waals surface area contributed by atoms with Crippen molar-refractivity contribution < 1.29 is 14.4 Å². The Morgan fingerprint density at radius 2 is 2.07 bits per heavy atom. The third kappa shape index (κ3) is 3.43. The number of hydrogen-bond donors (Lipinski definition) is 0. The standard InChI is InChI=1S/C18H17N5O4S/c1-11-4-3-5-12(2)16(11)22-18(19-20-21-22)28-9-14-7-15(23(24)25)6-13-8-26-10-27-17(13)14/h3-7H,8-10H2,1-2H3. The van der Waals surface area contributed by atoms with Crippen LogP contribution in [0.25, 0.3) is 5.69 Å². The van der Waals surface area contributed by atoms with E-state index in [0.717, 1.165) is 16.8 Å². The lowest BCUT2D eigenvalue weighted by atomic mass is 10.1. The molecule has 0 radical (unpaired) electrons. The van der Waals surface area contributed by atoms with E-state index in [9.17, 15) is 10.1 Å². The van der Waals surface area contributed by atoms with Gasteiger partial charge in [0.15, 0.2) is 6.79 Å². The molecular weight excluding hydrogens is 382 g/mol. The summed E-state index contributed by atoms with van der Waals surface area (Å²) in [6.07, 6.45) is 0. The molecule has 2 aromatic carbocycles. The van der Waals surface area contributed by atoms with Gasteiger partial charge in [-0.05, 0) is 35.4 Å². The lowest BCUT2D eigenvalue weighted by Crippen LogP contribution is -2.13. The highest BCUT2D eigenvalue weighted by atomic mass is 32.2. The smallest absolute Gasteiger partial charge is 0.270 e. The average molecular weight is 399 g/mol. The van der Waals surface area contributed by atoms with Crippen molar-refractivity contribution in [2.45, 2.75) is 31.4 Å². The molecule has 0 amide bonds. The van der Waals surface area contributed by atoms with Gasteiger partial charge in [-0.2, -0.15) is 4.68 Å². The highest BCUT2D eigenvalue weighted by Crippen LogP contribution is 2.36. The summed E-state index contributed by atoms with van der Waals surface area (Å²) in [5.41, 5.74) is 4.45. The van der Waals surface area contributed by atoms with Crippen LogP contribution in [0.3, 0.4) is 0 Å². The molecule has 10 heteroatoms. The number of benzene rings is 2. The van der Waals surface area contributed by atoms with E-state index < -0.39 is 4.92 Å². The highest BCUT2D eigenvalue weighted by molar-refractivity contribution is 7.98. The van der Waals surface area contributed by atoms with Crippen LogP contribution in [0.5, 0.6) is 5.75 Å². The van der Waals surface area contributed by atoms with E-state index in [1.54, 1.807) is 4.68 Å². The van der Waals surface area contributed by atoms with Gasteiger partial charge in [0.05, 0.1) is 17.2 Å². The summed E-state index contributed by atoms with van der Waals surface area (Å²) in [7, 11) is 0. The summed E-state index contributed by atoms with van der Waals surface area (Å²) in [5.74, 6) is 1.06. The van der Waals surface area contributed by atoms with Crippen LogP contribution in [0.15, 0.2) is 35.5 Å². The van der Waals surface area contributed by atoms with E-state index in [0.29, 0.717) is 27.8 Å². The second-order valence-corrected chi connectivity index (χ2v) is 7.31. The van der Waals surface area contributed by atoms with E-state index in [4.69, 9.17) is 9.47 Å². The topological polar surface area (TPSA) is 105 Å². The monoisotopic (exact) mass is 399 g/mol. The van der Waals surface area contributed by atoms with Crippen molar-refractivity contribution >= 4 is 17.4 Å². The van der Waals surface area contributed by atoms with Gasteiger partial charge in [0, 0.05) is 29.0 Å². The Morgan fingerprint density at radius 1 is 1.29 bits per heavy atom. The number of aryl methyl sites for hydroxylation is 2. The summed E-state index contributed by atoms with van der Waals surface area (Å²) < 4.78 is 12.5. The molecule has 4 rings (SSSR count). The second-order valence-electron chi connectivity index (χ2n) is 6.36. The van der Waals surface area contributed by atoms with Gasteiger partial charge in [-0.3, -0.25) is 10.1 Å². The van der Waals surface area contributed by atoms with Crippen LogP contribution in [0.2, 0.25) is 0 Å². The molecule has 144 valence electrons. The summed E-state index contributed by atoms with van der Waals surface area (Å²) in [5, 5.41) is 23.9. The number of nitrogens with zero attached hydrogens (tertiary/aromatic N) is 5. The number of nitro groups is 1.